The van der Waals surface area contributed by atoms with Crippen molar-refractivity contribution in [3.63, 3.8) is 0 Å². The van der Waals surface area contributed by atoms with Gasteiger partial charge in [0.15, 0.2) is 0 Å². The van der Waals surface area contributed by atoms with E-state index in [9.17, 15) is 0 Å². The predicted molar refractivity (Wildman–Crippen MR) is 38.0 cm³/mol. The zero-order chi connectivity index (χ0) is 7.28. The molecule has 4 heteroatoms. The largest absolute Gasteiger partial charge is 0.329 e. The van der Waals surface area contributed by atoms with E-state index in [2.05, 4.69) is 6.92 Å². The molecule has 6 N–H and O–H groups in total. The van der Waals surface area contributed by atoms with Gasteiger partial charge in [-0.15, -0.1) is 0 Å². The maximum absolute atomic E-state index is 5.36. The lowest BCUT2D eigenvalue weighted by Crippen LogP contribution is -2.49. The Bertz CT molecular complexity index is 64.0. The summed E-state index contributed by atoms with van der Waals surface area (Å²) in [7, 11) is 0. The molecule has 0 fully saturated rings. The third kappa shape index (κ3) is 3.42. The monoisotopic (exact) mass is 132 g/mol. The summed E-state index contributed by atoms with van der Waals surface area (Å²) in [5.74, 6) is 10.5. The highest BCUT2D eigenvalue weighted by molar-refractivity contribution is 4.62. The van der Waals surface area contributed by atoms with Crippen molar-refractivity contribution < 1.29 is 0 Å². The number of rotatable bonds is 4. The molecular weight excluding hydrogens is 116 g/mol. The van der Waals surface area contributed by atoms with Crippen LogP contribution in [-0.4, -0.2) is 17.7 Å². The van der Waals surface area contributed by atoms with Crippen LogP contribution in [0.3, 0.4) is 0 Å². The fraction of sp³-hybridized carbons (Fsp3) is 1.00. The second-order valence-corrected chi connectivity index (χ2v) is 2.13. The molecule has 0 bridgehead atoms. The summed E-state index contributed by atoms with van der Waals surface area (Å²) < 4.78 is 0. The lowest BCUT2D eigenvalue weighted by molar-refractivity contribution is 0.198. The first-order chi connectivity index (χ1) is 4.22. The Morgan fingerprint density at radius 3 is 2.11 bits per heavy atom. The van der Waals surface area contributed by atoms with Crippen molar-refractivity contribution in [2.75, 3.05) is 6.54 Å². The summed E-state index contributed by atoms with van der Waals surface area (Å²) in [6.07, 6.45) is 2.02. The molecule has 0 aliphatic rings. The first-order valence-electron chi connectivity index (χ1n) is 3.21. The maximum Gasteiger partial charge on any atom is 0.0517 e. The van der Waals surface area contributed by atoms with Crippen LogP contribution in [0.2, 0.25) is 0 Å². The van der Waals surface area contributed by atoms with Gasteiger partial charge >= 0.3 is 0 Å². The van der Waals surface area contributed by atoms with Crippen LogP contribution < -0.4 is 17.4 Å². The summed E-state index contributed by atoms with van der Waals surface area (Å²) in [6.45, 7) is 2.60. The average Bonchev–Trinajstić information content (AvgIpc) is 1.82. The van der Waals surface area contributed by atoms with Crippen LogP contribution in [0.5, 0.6) is 0 Å². The van der Waals surface area contributed by atoms with Gasteiger partial charge in [0.05, 0.1) is 6.04 Å². The maximum atomic E-state index is 5.36. The molecule has 4 nitrogen and oxygen atoms in total. The molecule has 0 radical (unpaired) electrons. The normalized spacial score (nSPS) is 14.3. The number of hydrogen-bond acceptors (Lipinski definition) is 4. The fourth-order valence-corrected chi connectivity index (χ4v) is 0.722. The minimum atomic E-state index is 0.134. The molecule has 0 aromatic carbocycles. The number of hydrogen-bond donors (Lipinski definition) is 3. The molecule has 0 heterocycles. The van der Waals surface area contributed by atoms with Crippen LogP contribution in [-0.2, 0) is 0 Å². The van der Waals surface area contributed by atoms with Crippen LogP contribution in [0.25, 0.3) is 0 Å². The van der Waals surface area contributed by atoms with E-state index in [0.717, 1.165) is 12.8 Å². The Hall–Kier alpha value is -0.160. The second-order valence-electron chi connectivity index (χ2n) is 2.13. The van der Waals surface area contributed by atoms with E-state index in [4.69, 9.17) is 17.4 Å². The Labute approximate surface area is 55.9 Å². The highest BCUT2D eigenvalue weighted by atomic mass is 15.6. The topological polar surface area (TPSA) is 81.3 Å². The van der Waals surface area contributed by atoms with Gasteiger partial charge in [-0.3, -0.25) is 11.7 Å². The van der Waals surface area contributed by atoms with E-state index in [1.54, 1.807) is 0 Å². The van der Waals surface area contributed by atoms with Crippen molar-refractivity contribution in [3.05, 3.63) is 0 Å². The SMILES string of the molecule is CCCC(CN)N(N)N. The number of nitrogens with two attached hydrogens (primary N) is 3. The van der Waals surface area contributed by atoms with Gasteiger partial charge in [0.1, 0.15) is 0 Å². The Kier molecular flexibility index (Phi) is 4.61. The van der Waals surface area contributed by atoms with Gasteiger partial charge in [-0.2, -0.15) is 5.12 Å². The van der Waals surface area contributed by atoms with E-state index < -0.39 is 0 Å². The van der Waals surface area contributed by atoms with Crippen molar-refractivity contribution in [2.24, 2.45) is 17.4 Å². The van der Waals surface area contributed by atoms with Gasteiger partial charge in [-0.05, 0) is 6.42 Å². The summed E-state index contributed by atoms with van der Waals surface area (Å²) in [6, 6.07) is 0.134. The molecule has 0 saturated heterocycles. The van der Waals surface area contributed by atoms with Gasteiger partial charge in [-0.25, -0.2) is 0 Å². The van der Waals surface area contributed by atoms with Crippen molar-refractivity contribution in [3.8, 4) is 0 Å². The fourth-order valence-electron chi connectivity index (χ4n) is 0.722. The van der Waals surface area contributed by atoms with Crippen molar-refractivity contribution in [1.82, 2.24) is 5.12 Å². The van der Waals surface area contributed by atoms with Gasteiger partial charge in [0, 0.05) is 6.54 Å². The Morgan fingerprint density at radius 1 is 1.44 bits per heavy atom. The highest BCUT2D eigenvalue weighted by Crippen LogP contribution is 1.96. The lowest BCUT2D eigenvalue weighted by atomic mass is 10.2. The van der Waals surface area contributed by atoms with Crippen LogP contribution >= 0.6 is 0 Å². The molecule has 0 saturated carbocycles. The minimum absolute atomic E-state index is 0.134. The smallest absolute Gasteiger partial charge is 0.0517 e. The second kappa shape index (κ2) is 4.69. The van der Waals surface area contributed by atoms with E-state index in [-0.39, 0.29) is 6.04 Å². The van der Waals surface area contributed by atoms with Gasteiger partial charge in [-0.1, -0.05) is 13.3 Å². The first kappa shape index (κ1) is 8.84. The standard InChI is InChI=1S/C5H16N4/c1-2-3-5(4-6)9(7)8/h5H,2-4,6-8H2,1H3. The first-order valence-corrected chi connectivity index (χ1v) is 3.21. The molecule has 0 rings (SSSR count). The van der Waals surface area contributed by atoms with Crippen LogP contribution in [0.1, 0.15) is 19.8 Å². The van der Waals surface area contributed by atoms with Crippen molar-refractivity contribution in [2.45, 2.75) is 25.8 Å². The molecule has 1 unspecified atom stereocenters. The number of nitrogens with zero attached hydrogens (tertiary/aromatic N) is 1. The van der Waals surface area contributed by atoms with E-state index in [1.807, 2.05) is 0 Å². The van der Waals surface area contributed by atoms with Gasteiger partial charge < -0.3 is 5.73 Å². The van der Waals surface area contributed by atoms with Crippen molar-refractivity contribution >= 4 is 0 Å². The molecular formula is C5H16N4. The molecule has 1 atom stereocenters. The zero-order valence-corrected chi connectivity index (χ0v) is 5.88. The molecule has 0 aromatic heterocycles. The third-order valence-corrected chi connectivity index (χ3v) is 1.32. The van der Waals surface area contributed by atoms with Crippen LogP contribution in [0.4, 0.5) is 0 Å². The van der Waals surface area contributed by atoms with Gasteiger partial charge in [0.25, 0.3) is 0 Å². The lowest BCUT2D eigenvalue weighted by Gasteiger charge is -2.20. The molecule has 0 amide bonds. The molecule has 56 valence electrons. The third-order valence-electron chi connectivity index (χ3n) is 1.32. The molecule has 0 aromatic rings. The van der Waals surface area contributed by atoms with Gasteiger partial charge in [0.2, 0.25) is 0 Å². The number of hydrazine groups is 2. The van der Waals surface area contributed by atoms with Crippen LogP contribution in [0.15, 0.2) is 0 Å². The highest BCUT2D eigenvalue weighted by Gasteiger charge is 2.07. The summed E-state index contributed by atoms with van der Waals surface area (Å²) in [4.78, 5) is 0. The summed E-state index contributed by atoms with van der Waals surface area (Å²) in [5.41, 5.74) is 5.36. The predicted octanol–water partition coefficient (Wildman–Crippen LogP) is -0.837. The minimum Gasteiger partial charge on any atom is -0.329 e. The van der Waals surface area contributed by atoms with Crippen LogP contribution in [0, 0.1) is 0 Å². The molecule has 0 aliphatic carbocycles. The van der Waals surface area contributed by atoms with E-state index in [1.165, 1.54) is 5.12 Å². The van der Waals surface area contributed by atoms with Crippen molar-refractivity contribution in [1.29, 1.82) is 0 Å². The quantitative estimate of drug-likeness (QED) is 0.344. The Morgan fingerprint density at radius 2 is 2.00 bits per heavy atom. The summed E-state index contributed by atoms with van der Waals surface area (Å²) >= 11 is 0. The Balaban J connectivity index is 3.41. The zero-order valence-electron chi connectivity index (χ0n) is 5.88. The summed E-state index contributed by atoms with van der Waals surface area (Å²) in [5, 5.41) is 1.18. The van der Waals surface area contributed by atoms with E-state index in [0.29, 0.717) is 6.54 Å². The van der Waals surface area contributed by atoms with E-state index >= 15 is 0 Å². The molecule has 0 spiro atoms. The average molecular weight is 132 g/mol. The molecule has 0 aliphatic heterocycles. The molecule has 9 heavy (non-hydrogen) atoms.